The van der Waals surface area contributed by atoms with E-state index < -0.39 is 4.92 Å². The first-order valence-corrected chi connectivity index (χ1v) is 6.32. The van der Waals surface area contributed by atoms with Crippen LogP contribution in [0.25, 0.3) is 0 Å². The summed E-state index contributed by atoms with van der Waals surface area (Å²) in [4.78, 5) is 10.3. The number of anilines is 1. The minimum atomic E-state index is -0.405. The first-order chi connectivity index (χ1) is 10.1. The molecule has 2 aromatic rings. The van der Waals surface area contributed by atoms with Crippen molar-refractivity contribution in [2.75, 3.05) is 19.5 Å². The summed E-state index contributed by atoms with van der Waals surface area (Å²) in [5, 5.41) is 13.9. The van der Waals surface area contributed by atoms with Crippen LogP contribution in [0, 0.1) is 10.1 Å². The predicted octanol–water partition coefficient (Wildman–Crippen LogP) is 3.22. The van der Waals surface area contributed by atoms with Gasteiger partial charge in [-0.25, -0.2) is 0 Å². The summed E-state index contributed by atoms with van der Waals surface area (Å²) in [5.74, 6) is 1.35. The Morgan fingerprint density at radius 1 is 1.10 bits per heavy atom. The fourth-order valence-corrected chi connectivity index (χ4v) is 1.89. The molecular weight excluding hydrogens is 272 g/mol. The van der Waals surface area contributed by atoms with Gasteiger partial charge in [-0.05, 0) is 5.56 Å². The number of hydrogen-bond donors (Lipinski definition) is 1. The highest BCUT2D eigenvalue weighted by Gasteiger charge is 2.06. The normalized spacial score (nSPS) is 10.0. The highest BCUT2D eigenvalue weighted by atomic mass is 16.6. The Balaban J connectivity index is 2.12. The van der Waals surface area contributed by atoms with Gasteiger partial charge in [0.1, 0.15) is 11.5 Å². The Morgan fingerprint density at radius 3 is 2.33 bits per heavy atom. The third-order valence-corrected chi connectivity index (χ3v) is 2.97. The van der Waals surface area contributed by atoms with Crippen molar-refractivity contribution >= 4 is 11.4 Å². The van der Waals surface area contributed by atoms with Gasteiger partial charge in [-0.2, -0.15) is 0 Å². The van der Waals surface area contributed by atoms with Crippen LogP contribution in [0.2, 0.25) is 0 Å². The zero-order valence-corrected chi connectivity index (χ0v) is 11.8. The maximum absolute atomic E-state index is 10.7. The minimum absolute atomic E-state index is 0.0810. The summed E-state index contributed by atoms with van der Waals surface area (Å²) >= 11 is 0. The van der Waals surface area contributed by atoms with Crippen molar-refractivity contribution in [3.63, 3.8) is 0 Å². The third kappa shape index (κ3) is 3.85. The summed E-state index contributed by atoms with van der Waals surface area (Å²) in [6.07, 6.45) is 0. The van der Waals surface area contributed by atoms with Crippen LogP contribution in [0.5, 0.6) is 11.5 Å². The number of hydrogen-bond acceptors (Lipinski definition) is 5. The smallest absolute Gasteiger partial charge is 0.269 e. The summed E-state index contributed by atoms with van der Waals surface area (Å²) in [7, 11) is 3.16. The van der Waals surface area contributed by atoms with Gasteiger partial charge in [0.15, 0.2) is 0 Å². The first kappa shape index (κ1) is 14.6. The van der Waals surface area contributed by atoms with Crippen molar-refractivity contribution in [3.8, 4) is 11.5 Å². The van der Waals surface area contributed by atoms with Crippen LogP contribution in [0.1, 0.15) is 5.56 Å². The van der Waals surface area contributed by atoms with Crippen LogP contribution >= 0.6 is 0 Å². The molecule has 0 saturated heterocycles. The molecule has 0 heterocycles. The van der Waals surface area contributed by atoms with Gasteiger partial charge in [-0.15, -0.1) is 0 Å². The van der Waals surface area contributed by atoms with Crippen LogP contribution in [-0.4, -0.2) is 19.1 Å². The number of ether oxygens (including phenoxy) is 2. The molecule has 0 spiro atoms. The van der Waals surface area contributed by atoms with Crippen molar-refractivity contribution < 1.29 is 14.4 Å². The molecule has 2 rings (SSSR count). The highest BCUT2D eigenvalue weighted by Crippen LogP contribution is 2.26. The second kappa shape index (κ2) is 6.60. The lowest BCUT2D eigenvalue weighted by atomic mass is 10.2. The second-order valence-electron chi connectivity index (χ2n) is 4.38. The van der Waals surface area contributed by atoms with E-state index in [1.165, 1.54) is 6.07 Å². The molecule has 0 aliphatic rings. The molecule has 0 radical (unpaired) electrons. The van der Waals surface area contributed by atoms with E-state index in [0.717, 1.165) is 11.3 Å². The topological polar surface area (TPSA) is 73.6 Å². The molecule has 0 fully saturated rings. The summed E-state index contributed by atoms with van der Waals surface area (Å²) in [6.45, 7) is 0.470. The maximum Gasteiger partial charge on any atom is 0.269 e. The molecule has 0 atom stereocenters. The van der Waals surface area contributed by atoms with Crippen molar-refractivity contribution in [2.24, 2.45) is 0 Å². The van der Waals surface area contributed by atoms with Gasteiger partial charge in [0.25, 0.3) is 5.69 Å². The second-order valence-corrected chi connectivity index (χ2v) is 4.38. The summed E-state index contributed by atoms with van der Waals surface area (Å²) < 4.78 is 10.4. The minimum Gasteiger partial charge on any atom is -0.497 e. The lowest BCUT2D eigenvalue weighted by Crippen LogP contribution is -2.01. The highest BCUT2D eigenvalue weighted by molar-refractivity contribution is 5.54. The summed E-state index contributed by atoms with van der Waals surface area (Å²) in [6, 6.07) is 12.0. The van der Waals surface area contributed by atoms with Crippen molar-refractivity contribution in [1.29, 1.82) is 0 Å². The molecule has 110 valence electrons. The number of rotatable bonds is 6. The largest absolute Gasteiger partial charge is 0.497 e. The lowest BCUT2D eigenvalue weighted by Gasteiger charge is -2.10. The third-order valence-electron chi connectivity index (χ3n) is 2.97. The SMILES string of the molecule is COc1cc(NCc2cccc([N+](=O)[O-])c2)cc(OC)c1. The van der Waals surface area contributed by atoms with E-state index in [1.807, 2.05) is 18.2 Å². The summed E-state index contributed by atoms with van der Waals surface area (Å²) in [5.41, 5.74) is 1.72. The molecule has 0 aliphatic carbocycles. The molecule has 6 heteroatoms. The van der Waals surface area contributed by atoms with Crippen LogP contribution in [0.15, 0.2) is 42.5 Å². The molecule has 0 aliphatic heterocycles. The van der Waals surface area contributed by atoms with E-state index >= 15 is 0 Å². The Bertz CT molecular complexity index is 621. The molecule has 0 aromatic heterocycles. The van der Waals surface area contributed by atoms with E-state index in [0.29, 0.717) is 18.0 Å². The van der Waals surface area contributed by atoms with Gasteiger partial charge in [0, 0.05) is 42.6 Å². The number of non-ortho nitro benzene ring substituents is 1. The Labute approximate surface area is 122 Å². The fourth-order valence-electron chi connectivity index (χ4n) is 1.89. The van der Waals surface area contributed by atoms with E-state index in [4.69, 9.17) is 9.47 Å². The average Bonchev–Trinajstić information content (AvgIpc) is 2.52. The van der Waals surface area contributed by atoms with Gasteiger partial charge >= 0.3 is 0 Å². The van der Waals surface area contributed by atoms with E-state index in [9.17, 15) is 10.1 Å². The standard InChI is InChI=1S/C15H16N2O4/c1-20-14-7-12(8-15(9-14)21-2)16-10-11-4-3-5-13(6-11)17(18)19/h3-9,16H,10H2,1-2H3. The molecule has 0 bridgehead atoms. The van der Waals surface area contributed by atoms with Gasteiger partial charge in [0.2, 0.25) is 0 Å². The van der Waals surface area contributed by atoms with E-state index in [1.54, 1.807) is 32.4 Å². The zero-order chi connectivity index (χ0) is 15.2. The number of nitro benzene ring substituents is 1. The Morgan fingerprint density at radius 2 is 1.76 bits per heavy atom. The maximum atomic E-state index is 10.7. The molecule has 6 nitrogen and oxygen atoms in total. The van der Waals surface area contributed by atoms with Gasteiger partial charge in [-0.3, -0.25) is 10.1 Å². The van der Waals surface area contributed by atoms with Crippen LogP contribution in [0.4, 0.5) is 11.4 Å². The lowest BCUT2D eigenvalue weighted by molar-refractivity contribution is -0.384. The van der Waals surface area contributed by atoms with Crippen LogP contribution in [0.3, 0.4) is 0 Å². The number of methoxy groups -OCH3 is 2. The molecule has 0 amide bonds. The van der Waals surface area contributed by atoms with Crippen LogP contribution in [-0.2, 0) is 6.54 Å². The fraction of sp³-hybridized carbons (Fsp3) is 0.200. The molecule has 2 aromatic carbocycles. The van der Waals surface area contributed by atoms with Gasteiger partial charge in [-0.1, -0.05) is 12.1 Å². The molecule has 1 N–H and O–H groups in total. The Kier molecular flexibility index (Phi) is 4.61. The number of benzene rings is 2. The first-order valence-electron chi connectivity index (χ1n) is 6.32. The zero-order valence-electron chi connectivity index (χ0n) is 11.8. The van der Waals surface area contributed by atoms with Crippen molar-refractivity contribution in [1.82, 2.24) is 0 Å². The van der Waals surface area contributed by atoms with Gasteiger partial charge < -0.3 is 14.8 Å². The van der Waals surface area contributed by atoms with E-state index in [-0.39, 0.29) is 5.69 Å². The number of nitro groups is 1. The molecule has 0 saturated carbocycles. The number of nitrogens with one attached hydrogen (secondary N) is 1. The van der Waals surface area contributed by atoms with Gasteiger partial charge in [0.05, 0.1) is 19.1 Å². The average molecular weight is 288 g/mol. The predicted molar refractivity (Wildman–Crippen MR) is 80.0 cm³/mol. The number of nitrogens with zero attached hydrogens (tertiary/aromatic N) is 1. The molecule has 0 unspecified atom stereocenters. The van der Waals surface area contributed by atoms with E-state index in [2.05, 4.69) is 5.32 Å². The van der Waals surface area contributed by atoms with Crippen molar-refractivity contribution in [2.45, 2.75) is 6.54 Å². The molecular formula is C15H16N2O4. The monoisotopic (exact) mass is 288 g/mol. The van der Waals surface area contributed by atoms with Crippen molar-refractivity contribution in [3.05, 3.63) is 58.1 Å². The molecule has 21 heavy (non-hydrogen) atoms. The Hall–Kier alpha value is -2.76. The quantitative estimate of drug-likeness (QED) is 0.652. The van der Waals surface area contributed by atoms with Crippen LogP contribution < -0.4 is 14.8 Å².